The molecule has 7 heteroatoms. The van der Waals surface area contributed by atoms with Crippen LogP contribution < -0.4 is 16.4 Å². The molecule has 0 bridgehead atoms. The van der Waals surface area contributed by atoms with Gasteiger partial charge in [-0.25, -0.2) is 14.8 Å². The number of esters is 1. The predicted octanol–water partition coefficient (Wildman–Crippen LogP) is 3.05. The Kier molecular flexibility index (Phi) is 5.95. The number of ether oxygens (including phenoxy) is 1. The van der Waals surface area contributed by atoms with Gasteiger partial charge in [0.25, 0.3) is 0 Å². The zero-order valence-corrected chi connectivity index (χ0v) is 14.2. The van der Waals surface area contributed by atoms with Crippen LogP contribution in [0.4, 0.5) is 23.0 Å². The minimum absolute atomic E-state index is 0.307. The van der Waals surface area contributed by atoms with Crippen molar-refractivity contribution >= 4 is 29.0 Å². The summed E-state index contributed by atoms with van der Waals surface area (Å²) in [6.07, 6.45) is 1.44. The van der Waals surface area contributed by atoms with Gasteiger partial charge in [0, 0.05) is 12.2 Å². The Morgan fingerprint density at radius 3 is 2.50 bits per heavy atom. The number of carbonyl (C=O) groups excluding carboxylic acids is 1. The van der Waals surface area contributed by atoms with Gasteiger partial charge in [0.15, 0.2) is 11.6 Å². The normalized spacial score (nSPS) is 10.5. The third-order valence-electron chi connectivity index (χ3n) is 3.16. The third kappa shape index (κ3) is 4.58. The number of nitrogens with one attached hydrogen (secondary N) is 2. The molecule has 0 saturated heterocycles. The first-order valence-electron chi connectivity index (χ1n) is 7.89. The molecule has 1 heterocycles. The van der Waals surface area contributed by atoms with Crippen LogP contribution in [0.15, 0.2) is 30.6 Å². The van der Waals surface area contributed by atoms with E-state index in [1.165, 1.54) is 6.33 Å². The van der Waals surface area contributed by atoms with E-state index in [1.54, 1.807) is 24.3 Å². The lowest BCUT2D eigenvalue weighted by molar-refractivity contribution is 0.0459. The summed E-state index contributed by atoms with van der Waals surface area (Å²) in [5, 5.41) is 6.19. The van der Waals surface area contributed by atoms with E-state index < -0.39 is 0 Å². The molecule has 0 aliphatic heterocycles. The van der Waals surface area contributed by atoms with Crippen LogP contribution in [0.3, 0.4) is 0 Å². The minimum Gasteiger partial charge on any atom is -0.462 e. The van der Waals surface area contributed by atoms with E-state index in [2.05, 4.69) is 20.6 Å². The summed E-state index contributed by atoms with van der Waals surface area (Å²) in [5.74, 6) is 1.08. The molecule has 2 rings (SSSR count). The predicted molar refractivity (Wildman–Crippen MR) is 95.5 cm³/mol. The highest BCUT2D eigenvalue weighted by atomic mass is 16.5. The lowest BCUT2D eigenvalue weighted by Gasteiger charge is -2.12. The highest BCUT2D eigenvalue weighted by Crippen LogP contribution is 2.25. The van der Waals surface area contributed by atoms with Gasteiger partial charge >= 0.3 is 5.97 Å². The molecule has 0 unspecified atom stereocenters. The SMILES string of the molecule is CCNc1ncnc(Nc2ccc(C(=O)OCC(C)C)cc2)c1N. The number of nitrogens with two attached hydrogens (primary N) is 1. The zero-order chi connectivity index (χ0) is 17.5. The highest BCUT2D eigenvalue weighted by Gasteiger charge is 2.10. The first-order valence-corrected chi connectivity index (χ1v) is 7.89. The van der Waals surface area contributed by atoms with Crippen molar-refractivity contribution in [2.24, 2.45) is 5.92 Å². The van der Waals surface area contributed by atoms with Gasteiger partial charge in [-0.1, -0.05) is 13.8 Å². The molecular weight excluding hydrogens is 306 g/mol. The molecule has 0 fully saturated rings. The van der Waals surface area contributed by atoms with Gasteiger partial charge in [-0.05, 0) is 37.1 Å². The molecule has 24 heavy (non-hydrogen) atoms. The van der Waals surface area contributed by atoms with Gasteiger partial charge in [0.2, 0.25) is 0 Å². The van der Waals surface area contributed by atoms with E-state index in [4.69, 9.17) is 10.5 Å². The average Bonchev–Trinajstić information content (AvgIpc) is 2.57. The Hall–Kier alpha value is -2.83. The lowest BCUT2D eigenvalue weighted by atomic mass is 10.2. The van der Waals surface area contributed by atoms with Crippen molar-refractivity contribution in [1.29, 1.82) is 0 Å². The maximum atomic E-state index is 11.9. The molecule has 0 amide bonds. The quantitative estimate of drug-likeness (QED) is 0.671. The first-order chi connectivity index (χ1) is 11.5. The Labute approximate surface area is 141 Å². The Morgan fingerprint density at radius 2 is 1.88 bits per heavy atom. The van der Waals surface area contributed by atoms with Gasteiger partial charge in [-0.2, -0.15) is 0 Å². The van der Waals surface area contributed by atoms with Gasteiger partial charge < -0.3 is 21.1 Å². The number of aromatic nitrogens is 2. The molecule has 1 aromatic heterocycles. The summed E-state index contributed by atoms with van der Waals surface area (Å²) in [5.41, 5.74) is 7.76. The van der Waals surface area contributed by atoms with E-state index in [1.807, 2.05) is 20.8 Å². The smallest absolute Gasteiger partial charge is 0.338 e. The number of rotatable bonds is 7. The molecule has 4 N–H and O–H groups in total. The number of benzene rings is 1. The third-order valence-corrected chi connectivity index (χ3v) is 3.16. The zero-order valence-electron chi connectivity index (χ0n) is 14.2. The topological polar surface area (TPSA) is 102 Å². The monoisotopic (exact) mass is 329 g/mol. The molecule has 0 saturated carbocycles. The molecule has 0 atom stereocenters. The van der Waals surface area contributed by atoms with Crippen LogP contribution in [-0.4, -0.2) is 29.1 Å². The fraction of sp³-hybridized carbons (Fsp3) is 0.353. The van der Waals surface area contributed by atoms with Crippen molar-refractivity contribution in [3.8, 4) is 0 Å². The molecule has 1 aromatic carbocycles. The number of nitrogen functional groups attached to an aromatic ring is 1. The standard InChI is InChI=1S/C17H23N5O2/c1-4-19-15-14(18)16(21-10-20-15)22-13-7-5-12(6-8-13)17(23)24-9-11(2)3/h5-8,10-11H,4,9,18H2,1-3H3,(H2,19,20,21,22). The number of carbonyl (C=O) groups is 1. The Morgan fingerprint density at radius 1 is 1.21 bits per heavy atom. The van der Waals surface area contributed by atoms with Crippen molar-refractivity contribution in [3.63, 3.8) is 0 Å². The van der Waals surface area contributed by atoms with Gasteiger partial charge in [-0.3, -0.25) is 0 Å². The van der Waals surface area contributed by atoms with Crippen LogP contribution in [-0.2, 0) is 4.74 Å². The van der Waals surface area contributed by atoms with Crippen molar-refractivity contribution in [3.05, 3.63) is 36.2 Å². The first kappa shape index (κ1) is 17.5. The second kappa shape index (κ2) is 8.14. The Bertz CT molecular complexity index is 686. The van der Waals surface area contributed by atoms with E-state index in [9.17, 15) is 4.79 Å². The fourth-order valence-electron chi connectivity index (χ4n) is 1.96. The van der Waals surface area contributed by atoms with E-state index in [0.717, 1.165) is 5.69 Å². The van der Waals surface area contributed by atoms with Crippen LogP contribution in [0, 0.1) is 5.92 Å². The molecule has 7 nitrogen and oxygen atoms in total. The Balaban J connectivity index is 2.07. The van der Waals surface area contributed by atoms with Crippen LogP contribution >= 0.6 is 0 Å². The summed E-state index contributed by atoms with van der Waals surface area (Å²) in [7, 11) is 0. The molecule has 2 aromatic rings. The summed E-state index contributed by atoms with van der Waals surface area (Å²) >= 11 is 0. The highest BCUT2D eigenvalue weighted by molar-refractivity contribution is 5.90. The van der Waals surface area contributed by atoms with Crippen LogP contribution in [0.2, 0.25) is 0 Å². The fourth-order valence-corrected chi connectivity index (χ4v) is 1.96. The number of anilines is 4. The van der Waals surface area contributed by atoms with Crippen molar-refractivity contribution in [2.45, 2.75) is 20.8 Å². The maximum absolute atomic E-state index is 11.9. The molecular formula is C17H23N5O2. The molecule has 128 valence electrons. The van der Waals surface area contributed by atoms with Crippen molar-refractivity contribution in [2.75, 3.05) is 29.5 Å². The summed E-state index contributed by atoms with van der Waals surface area (Å²) in [6.45, 7) is 7.07. The number of nitrogens with zero attached hydrogens (tertiary/aromatic N) is 2. The van der Waals surface area contributed by atoms with Gasteiger partial charge in [0.1, 0.15) is 12.0 Å². The molecule has 0 aliphatic rings. The van der Waals surface area contributed by atoms with Crippen molar-refractivity contribution < 1.29 is 9.53 Å². The lowest BCUT2D eigenvalue weighted by Crippen LogP contribution is -2.10. The average molecular weight is 329 g/mol. The molecule has 0 radical (unpaired) electrons. The second-order valence-electron chi connectivity index (χ2n) is 5.71. The van der Waals surface area contributed by atoms with E-state index >= 15 is 0 Å². The second-order valence-corrected chi connectivity index (χ2v) is 5.71. The van der Waals surface area contributed by atoms with E-state index in [-0.39, 0.29) is 5.97 Å². The number of hydrogen-bond donors (Lipinski definition) is 3. The maximum Gasteiger partial charge on any atom is 0.338 e. The van der Waals surface area contributed by atoms with E-state index in [0.29, 0.717) is 42.0 Å². The van der Waals surface area contributed by atoms with Crippen molar-refractivity contribution in [1.82, 2.24) is 9.97 Å². The van der Waals surface area contributed by atoms with Crippen LogP contribution in [0.5, 0.6) is 0 Å². The van der Waals surface area contributed by atoms with Crippen LogP contribution in [0.25, 0.3) is 0 Å². The summed E-state index contributed by atoms with van der Waals surface area (Å²) in [6, 6.07) is 6.96. The molecule has 0 spiro atoms. The largest absolute Gasteiger partial charge is 0.462 e. The molecule has 0 aliphatic carbocycles. The van der Waals surface area contributed by atoms with Gasteiger partial charge in [0.05, 0.1) is 12.2 Å². The minimum atomic E-state index is -0.328. The summed E-state index contributed by atoms with van der Waals surface area (Å²) in [4.78, 5) is 20.1. The van der Waals surface area contributed by atoms with Crippen LogP contribution in [0.1, 0.15) is 31.1 Å². The summed E-state index contributed by atoms with van der Waals surface area (Å²) < 4.78 is 5.20. The number of hydrogen-bond acceptors (Lipinski definition) is 7. The van der Waals surface area contributed by atoms with Gasteiger partial charge in [-0.15, -0.1) is 0 Å².